The first kappa shape index (κ1) is 19.2. The molecule has 31 heavy (non-hydrogen) atoms. The van der Waals surface area contributed by atoms with Gasteiger partial charge >= 0.3 is 0 Å². The maximum absolute atomic E-state index is 12.6. The minimum Gasteiger partial charge on any atom is -0.496 e. The zero-order valence-electron chi connectivity index (χ0n) is 17.2. The van der Waals surface area contributed by atoms with Crippen LogP contribution in [0.1, 0.15) is 34.4 Å². The van der Waals surface area contributed by atoms with E-state index in [4.69, 9.17) is 9.47 Å². The number of fused-ring (bicyclic) bond motifs is 2. The van der Waals surface area contributed by atoms with Gasteiger partial charge in [0.15, 0.2) is 6.10 Å². The van der Waals surface area contributed by atoms with E-state index in [9.17, 15) is 10.1 Å². The smallest absolute Gasteiger partial charge is 0.264 e. The Morgan fingerprint density at radius 1 is 0.968 bits per heavy atom. The quantitative estimate of drug-likeness (QED) is 0.358. The summed E-state index contributed by atoms with van der Waals surface area (Å²) in [5, 5.41) is 13.6. The van der Waals surface area contributed by atoms with Crippen LogP contribution in [0.3, 0.4) is 0 Å². The van der Waals surface area contributed by atoms with Crippen LogP contribution in [0.5, 0.6) is 11.5 Å². The molecule has 3 atom stereocenters. The third-order valence-electron chi connectivity index (χ3n) is 6.10. The van der Waals surface area contributed by atoms with Crippen molar-refractivity contribution in [2.45, 2.75) is 25.0 Å². The Labute approximate surface area is 179 Å². The Hall–Kier alpha value is -3.80. The predicted molar refractivity (Wildman–Crippen MR) is 118 cm³/mol. The molecule has 0 fully saturated rings. The number of benzene rings is 3. The summed E-state index contributed by atoms with van der Waals surface area (Å²) in [5.74, 6) is 0.755. The predicted octanol–water partition coefficient (Wildman–Crippen LogP) is 5.40. The first-order valence-corrected chi connectivity index (χ1v) is 10.2. The van der Waals surface area contributed by atoms with Gasteiger partial charge in [-0.1, -0.05) is 54.6 Å². The molecule has 0 radical (unpaired) electrons. The number of nitro groups is 1. The highest BCUT2D eigenvalue weighted by Crippen LogP contribution is 2.50. The van der Waals surface area contributed by atoms with Crippen LogP contribution < -0.4 is 9.47 Å². The van der Waals surface area contributed by atoms with Crippen molar-refractivity contribution in [3.63, 3.8) is 0 Å². The van der Waals surface area contributed by atoms with Crippen molar-refractivity contribution in [2.24, 2.45) is 0 Å². The number of nitrogens with zero attached hydrogens (tertiary/aromatic N) is 1. The van der Waals surface area contributed by atoms with Crippen LogP contribution >= 0.6 is 0 Å². The lowest BCUT2D eigenvalue weighted by molar-refractivity contribution is -0.538. The highest BCUT2D eigenvalue weighted by atomic mass is 16.6. The summed E-state index contributed by atoms with van der Waals surface area (Å²) in [6, 6.07) is 21.9. The molecular weight excluding hydrogens is 392 g/mol. The number of methoxy groups -OCH3 is 1. The summed E-state index contributed by atoms with van der Waals surface area (Å²) in [4.78, 5) is 15.8. The highest BCUT2D eigenvalue weighted by molar-refractivity contribution is 5.86. The molecule has 0 spiro atoms. The topological polar surface area (TPSA) is 77.4 Å². The molecule has 156 valence electrons. The second kappa shape index (κ2) is 7.47. The van der Waals surface area contributed by atoms with E-state index in [1.807, 2.05) is 79.7 Å². The van der Waals surface area contributed by atoms with Gasteiger partial charge in [-0.3, -0.25) is 10.1 Å². The van der Waals surface area contributed by atoms with Crippen LogP contribution in [0, 0.1) is 17.0 Å². The van der Waals surface area contributed by atoms with E-state index in [2.05, 4.69) is 4.98 Å². The Morgan fingerprint density at radius 3 is 2.42 bits per heavy atom. The largest absolute Gasteiger partial charge is 0.496 e. The SMILES string of the molecule is COc1ccccc1[C@@H]1Oc2ccccc2[C@@H](c2c(C)[nH]c3ccccc23)[C@@H]1[N+](=O)[O-]. The van der Waals surface area contributed by atoms with Crippen molar-refractivity contribution in [1.82, 2.24) is 4.98 Å². The fraction of sp³-hybridized carbons (Fsp3) is 0.200. The van der Waals surface area contributed by atoms with E-state index in [1.165, 1.54) is 0 Å². The number of nitrogens with one attached hydrogen (secondary N) is 1. The third-order valence-corrected chi connectivity index (χ3v) is 6.10. The van der Waals surface area contributed by atoms with Gasteiger partial charge in [0.2, 0.25) is 0 Å². The van der Waals surface area contributed by atoms with Crippen molar-refractivity contribution in [3.05, 3.63) is 105 Å². The van der Waals surface area contributed by atoms with Gasteiger partial charge in [0.25, 0.3) is 6.04 Å². The van der Waals surface area contributed by atoms with E-state index in [0.717, 1.165) is 27.7 Å². The standard InChI is InChI=1S/C25H22N2O4/c1-15-22(16-9-3-6-12-19(16)26-15)23-17-10-4-8-14-21(17)31-25(24(23)27(28)29)18-11-5-7-13-20(18)30-2/h3-14,23-26H,1-2H3/t23-,24-,25-/m0/s1. The van der Waals surface area contributed by atoms with Gasteiger partial charge in [-0.05, 0) is 30.7 Å². The molecule has 0 saturated heterocycles. The average Bonchev–Trinajstić information content (AvgIpc) is 3.13. The van der Waals surface area contributed by atoms with E-state index < -0.39 is 18.1 Å². The lowest BCUT2D eigenvalue weighted by Crippen LogP contribution is -2.41. The molecule has 0 bridgehead atoms. The van der Waals surface area contributed by atoms with Crippen molar-refractivity contribution in [1.29, 1.82) is 0 Å². The lowest BCUT2D eigenvalue weighted by atomic mass is 9.77. The monoisotopic (exact) mass is 414 g/mol. The molecule has 0 aliphatic carbocycles. The Morgan fingerprint density at radius 2 is 1.65 bits per heavy atom. The molecule has 0 saturated carbocycles. The highest BCUT2D eigenvalue weighted by Gasteiger charge is 2.50. The number of hydrogen-bond donors (Lipinski definition) is 1. The van der Waals surface area contributed by atoms with Gasteiger partial charge in [0.05, 0.1) is 13.0 Å². The number of para-hydroxylation sites is 3. The maximum atomic E-state index is 12.6. The number of aryl methyl sites for hydroxylation is 1. The molecule has 6 heteroatoms. The zero-order chi connectivity index (χ0) is 21.5. The van der Waals surface area contributed by atoms with Gasteiger partial charge in [-0.15, -0.1) is 0 Å². The van der Waals surface area contributed by atoms with E-state index in [-0.39, 0.29) is 4.92 Å². The first-order chi connectivity index (χ1) is 15.1. The van der Waals surface area contributed by atoms with Crippen LogP contribution in [-0.2, 0) is 0 Å². The molecule has 0 unspecified atom stereocenters. The third kappa shape index (κ3) is 3.03. The molecule has 1 aliphatic rings. The van der Waals surface area contributed by atoms with Gasteiger partial charge in [0, 0.05) is 32.6 Å². The second-order valence-corrected chi connectivity index (χ2v) is 7.78. The van der Waals surface area contributed by atoms with E-state index in [1.54, 1.807) is 7.11 Å². The summed E-state index contributed by atoms with van der Waals surface area (Å²) in [6.45, 7) is 1.97. The van der Waals surface area contributed by atoms with Crippen molar-refractivity contribution < 1.29 is 14.4 Å². The minimum absolute atomic E-state index is 0.209. The number of aromatic nitrogens is 1. The molecular formula is C25H22N2O4. The van der Waals surface area contributed by atoms with Crippen LogP contribution in [-0.4, -0.2) is 23.1 Å². The summed E-state index contributed by atoms with van der Waals surface area (Å²) in [6.07, 6.45) is -0.792. The van der Waals surface area contributed by atoms with Gasteiger partial charge in [-0.25, -0.2) is 0 Å². The molecule has 3 aromatic carbocycles. The number of ether oxygens (including phenoxy) is 2. The number of hydrogen-bond acceptors (Lipinski definition) is 4. The number of rotatable bonds is 4. The van der Waals surface area contributed by atoms with Gasteiger partial charge < -0.3 is 14.5 Å². The maximum Gasteiger partial charge on any atom is 0.264 e. The van der Waals surface area contributed by atoms with Gasteiger partial charge in [0.1, 0.15) is 11.5 Å². The Kier molecular flexibility index (Phi) is 4.62. The molecule has 4 aromatic rings. The second-order valence-electron chi connectivity index (χ2n) is 7.78. The molecule has 1 aliphatic heterocycles. The van der Waals surface area contributed by atoms with Crippen LogP contribution in [0.15, 0.2) is 72.8 Å². The van der Waals surface area contributed by atoms with E-state index >= 15 is 0 Å². The molecule has 2 heterocycles. The Balaban J connectivity index is 1.79. The summed E-state index contributed by atoms with van der Waals surface area (Å²) >= 11 is 0. The van der Waals surface area contributed by atoms with Crippen LogP contribution in [0.4, 0.5) is 0 Å². The first-order valence-electron chi connectivity index (χ1n) is 10.2. The zero-order valence-corrected chi connectivity index (χ0v) is 17.2. The fourth-order valence-electron chi connectivity index (χ4n) is 4.82. The molecule has 1 N–H and O–H groups in total. The number of H-pyrrole nitrogens is 1. The summed E-state index contributed by atoms with van der Waals surface area (Å²) in [7, 11) is 1.57. The molecule has 0 amide bonds. The molecule has 6 nitrogen and oxygen atoms in total. The average molecular weight is 414 g/mol. The summed E-state index contributed by atoms with van der Waals surface area (Å²) in [5.41, 5.74) is 4.32. The molecule has 5 rings (SSSR count). The van der Waals surface area contributed by atoms with E-state index in [0.29, 0.717) is 17.1 Å². The van der Waals surface area contributed by atoms with Crippen LogP contribution in [0.2, 0.25) is 0 Å². The lowest BCUT2D eigenvalue weighted by Gasteiger charge is -2.35. The van der Waals surface area contributed by atoms with Crippen LogP contribution in [0.25, 0.3) is 10.9 Å². The number of aromatic amines is 1. The van der Waals surface area contributed by atoms with Crippen molar-refractivity contribution in [3.8, 4) is 11.5 Å². The minimum atomic E-state index is -1.02. The van der Waals surface area contributed by atoms with Crippen molar-refractivity contribution in [2.75, 3.05) is 7.11 Å². The normalized spacial score (nSPS) is 20.1. The summed E-state index contributed by atoms with van der Waals surface area (Å²) < 4.78 is 11.8. The fourth-order valence-corrected chi connectivity index (χ4v) is 4.82. The van der Waals surface area contributed by atoms with Crippen molar-refractivity contribution >= 4 is 10.9 Å². The molecule has 1 aromatic heterocycles. The Bertz CT molecular complexity index is 1280. The van der Waals surface area contributed by atoms with Gasteiger partial charge in [-0.2, -0.15) is 0 Å².